The van der Waals surface area contributed by atoms with E-state index in [0.717, 1.165) is 4.47 Å². The van der Waals surface area contributed by atoms with Crippen LogP contribution in [0, 0.1) is 0 Å². The van der Waals surface area contributed by atoms with Crippen LogP contribution in [0.5, 0.6) is 5.88 Å². The normalized spacial score (nSPS) is 10.2. The Morgan fingerprint density at radius 1 is 1.54 bits per heavy atom. The molecule has 0 aliphatic rings. The van der Waals surface area contributed by atoms with Crippen molar-refractivity contribution < 1.29 is 4.74 Å². The maximum atomic E-state index is 5.03. The van der Waals surface area contributed by atoms with Crippen LogP contribution >= 0.6 is 15.9 Å². The van der Waals surface area contributed by atoms with Crippen molar-refractivity contribution in [3.63, 3.8) is 0 Å². The topological polar surface area (TPSA) is 47.0 Å². The third-order valence-corrected chi connectivity index (χ3v) is 1.87. The number of anilines is 1. The summed E-state index contributed by atoms with van der Waals surface area (Å²) in [5, 5.41) is 3.08. The molecule has 0 saturated carbocycles. The third kappa shape index (κ3) is 2.84. The van der Waals surface area contributed by atoms with E-state index in [9.17, 15) is 0 Å². The molecular weight excluding hydrogens is 234 g/mol. The summed E-state index contributed by atoms with van der Waals surface area (Å²) in [5.41, 5.74) is 0. The zero-order valence-electron chi connectivity index (χ0n) is 7.84. The SMILES string of the molecule is COc1nc(NC(C)C)ncc1Br. The summed E-state index contributed by atoms with van der Waals surface area (Å²) in [6, 6.07) is 0.311. The lowest BCUT2D eigenvalue weighted by Gasteiger charge is -2.09. The molecule has 4 nitrogen and oxygen atoms in total. The van der Waals surface area contributed by atoms with Crippen molar-refractivity contribution >= 4 is 21.9 Å². The molecule has 0 aliphatic heterocycles. The zero-order valence-corrected chi connectivity index (χ0v) is 9.42. The van der Waals surface area contributed by atoms with Crippen LogP contribution in [0.3, 0.4) is 0 Å². The van der Waals surface area contributed by atoms with Gasteiger partial charge in [-0.05, 0) is 29.8 Å². The van der Waals surface area contributed by atoms with Crippen LogP contribution in [0.15, 0.2) is 10.7 Å². The van der Waals surface area contributed by atoms with E-state index in [1.54, 1.807) is 13.3 Å². The number of ether oxygens (including phenoxy) is 1. The molecule has 0 fully saturated rings. The van der Waals surface area contributed by atoms with Crippen molar-refractivity contribution in [2.45, 2.75) is 19.9 Å². The molecule has 5 heteroatoms. The lowest BCUT2D eigenvalue weighted by atomic mass is 10.4. The van der Waals surface area contributed by atoms with Gasteiger partial charge in [0.25, 0.3) is 0 Å². The molecule has 1 rings (SSSR count). The van der Waals surface area contributed by atoms with Gasteiger partial charge < -0.3 is 10.1 Å². The summed E-state index contributed by atoms with van der Waals surface area (Å²) >= 11 is 3.28. The smallest absolute Gasteiger partial charge is 0.232 e. The van der Waals surface area contributed by atoms with Crippen LogP contribution in [-0.4, -0.2) is 23.1 Å². The maximum Gasteiger partial charge on any atom is 0.232 e. The molecule has 1 aromatic rings. The second kappa shape index (κ2) is 4.41. The lowest BCUT2D eigenvalue weighted by Crippen LogP contribution is -2.12. The number of halogens is 1. The summed E-state index contributed by atoms with van der Waals surface area (Å²) in [4.78, 5) is 8.22. The van der Waals surface area contributed by atoms with E-state index in [2.05, 4.69) is 31.2 Å². The molecule has 1 heterocycles. The van der Waals surface area contributed by atoms with Crippen LogP contribution < -0.4 is 10.1 Å². The number of aromatic nitrogens is 2. The van der Waals surface area contributed by atoms with Gasteiger partial charge in [-0.1, -0.05) is 0 Å². The van der Waals surface area contributed by atoms with Gasteiger partial charge in [-0.2, -0.15) is 4.98 Å². The maximum absolute atomic E-state index is 5.03. The third-order valence-electron chi connectivity index (χ3n) is 1.32. The van der Waals surface area contributed by atoms with E-state index in [0.29, 0.717) is 17.9 Å². The standard InChI is InChI=1S/C8H12BrN3O/c1-5(2)11-8-10-4-6(9)7(12-8)13-3/h4-5H,1-3H3,(H,10,11,12). The molecule has 0 spiro atoms. The molecular formula is C8H12BrN3O. The molecule has 0 aliphatic carbocycles. The van der Waals surface area contributed by atoms with Crippen LogP contribution in [-0.2, 0) is 0 Å². The highest BCUT2D eigenvalue weighted by molar-refractivity contribution is 9.10. The number of methoxy groups -OCH3 is 1. The van der Waals surface area contributed by atoms with Gasteiger partial charge in [0.15, 0.2) is 0 Å². The van der Waals surface area contributed by atoms with Crippen molar-refractivity contribution in [1.82, 2.24) is 9.97 Å². The fourth-order valence-electron chi connectivity index (χ4n) is 0.822. The molecule has 0 radical (unpaired) electrons. The Morgan fingerprint density at radius 2 is 2.23 bits per heavy atom. The van der Waals surface area contributed by atoms with Gasteiger partial charge in [-0.15, -0.1) is 0 Å². The Kier molecular flexibility index (Phi) is 3.48. The van der Waals surface area contributed by atoms with Crippen LogP contribution in [0.4, 0.5) is 5.95 Å². The lowest BCUT2D eigenvalue weighted by molar-refractivity contribution is 0.394. The Morgan fingerprint density at radius 3 is 2.77 bits per heavy atom. The van der Waals surface area contributed by atoms with E-state index in [4.69, 9.17) is 4.74 Å². The van der Waals surface area contributed by atoms with E-state index < -0.39 is 0 Å². The molecule has 0 aromatic carbocycles. The molecule has 0 atom stereocenters. The number of hydrogen-bond donors (Lipinski definition) is 1. The molecule has 0 unspecified atom stereocenters. The second-order valence-electron chi connectivity index (χ2n) is 2.85. The summed E-state index contributed by atoms with van der Waals surface area (Å²) in [6.07, 6.45) is 1.66. The molecule has 1 N–H and O–H groups in total. The molecule has 0 amide bonds. The average molecular weight is 246 g/mol. The fraction of sp³-hybridized carbons (Fsp3) is 0.500. The number of hydrogen-bond acceptors (Lipinski definition) is 4. The van der Waals surface area contributed by atoms with E-state index >= 15 is 0 Å². The van der Waals surface area contributed by atoms with Crippen LogP contribution in [0.1, 0.15) is 13.8 Å². The van der Waals surface area contributed by atoms with Gasteiger partial charge in [0.05, 0.1) is 17.8 Å². The van der Waals surface area contributed by atoms with Gasteiger partial charge in [0.1, 0.15) is 0 Å². The largest absolute Gasteiger partial charge is 0.480 e. The van der Waals surface area contributed by atoms with E-state index in [-0.39, 0.29) is 0 Å². The summed E-state index contributed by atoms with van der Waals surface area (Å²) in [7, 11) is 1.58. The minimum atomic E-state index is 0.311. The minimum absolute atomic E-state index is 0.311. The highest BCUT2D eigenvalue weighted by Gasteiger charge is 2.04. The first-order chi connectivity index (χ1) is 6.13. The monoisotopic (exact) mass is 245 g/mol. The highest BCUT2D eigenvalue weighted by Crippen LogP contribution is 2.21. The summed E-state index contributed by atoms with van der Waals surface area (Å²) < 4.78 is 5.78. The first kappa shape index (κ1) is 10.2. The van der Waals surface area contributed by atoms with Crippen LogP contribution in [0.2, 0.25) is 0 Å². The quantitative estimate of drug-likeness (QED) is 0.886. The Balaban J connectivity index is 2.86. The number of rotatable bonds is 3. The van der Waals surface area contributed by atoms with E-state index in [1.165, 1.54) is 0 Å². The Labute approximate surface area is 85.9 Å². The second-order valence-corrected chi connectivity index (χ2v) is 3.70. The predicted molar refractivity (Wildman–Crippen MR) is 55.0 cm³/mol. The fourth-order valence-corrected chi connectivity index (χ4v) is 1.18. The van der Waals surface area contributed by atoms with Crippen molar-refractivity contribution in [2.24, 2.45) is 0 Å². The summed E-state index contributed by atoms with van der Waals surface area (Å²) in [5.74, 6) is 1.12. The van der Waals surface area contributed by atoms with Gasteiger partial charge in [-0.3, -0.25) is 0 Å². The summed E-state index contributed by atoms with van der Waals surface area (Å²) in [6.45, 7) is 4.05. The molecule has 0 bridgehead atoms. The highest BCUT2D eigenvalue weighted by atomic mass is 79.9. The van der Waals surface area contributed by atoms with E-state index in [1.807, 2.05) is 13.8 Å². The molecule has 13 heavy (non-hydrogen) atoms. The first-order valence-electron chi connectivity index (χ1n) is 3.96. The van der Waals surface area contributed by atoms with Crippen molar-refractivity contribution in [3.05, 3.63) is 10.7 Å². The Hall–Kier alpha value is -0.840. The minimum Gasteiger partial charge on any atom is -0.480 e. The van der Waals surface area contributed by atoms with Crippen molar-refractivity contribution in [1.29, 1.82) is 0 Å². The van der Waals surface area contributed by atoms with Gasteiger partial charge in [0.2, 0.25) is 11.8 Å². The van der Waals surface area contributed by atoms with Gasteiger partial charge in [0, 0.05) is 6.04 Å². The molecule has 0 saturated heterocycles. The zero-order chi connectivity index (χ0) is 9.84. The first-order valence-corrected chi connectivity index (χ1v) is 4.76. The number of nitrogens with zero attached hydrogens (tertiary/aromatic N) is 2. The average Bonchev–Trinajstić information content (AvgIpc) is 2.07. The molecule has 72 valence electrons. The van der Waals surface area contributed by atoms with Crippen LogP contribution in [0.25, 0.3) is 0 Å². The van der Waals surface area contributed by atoms with Gasteiger partial charge >= 0.3 is 0 Å². The Bertz CT molecular complexity index is 291. The van der Waals surface area contributed by atoms with Gasteiger partial charge in [-0.25, -0.2) is 4.98 Å². The number of nitrogens with one attached hydrogen (secondary N) is 1. The molecule has 1 aromatic heterocycles. The predicted octanol–water partition coefficient (Wildman–Crippen LogP) is 2.07. The van der Waals surface area contributed by atoms with Crippen molar-refractivity contribution in [2.75, 3.05) is 12.4 Å². The van der Waals surface area contributed by atoms with Crippen molar-refractivity contribution in [3.8, 4) is 5.88 Å².